The van der Waals surface area contributed by atoms with Gasteiger partial charge in [0.1, 0.15) is 11.6 Å². The van der Waals surface area contributed by atoms with Crippen LogP contribution >= 0.6 is 0 Å². The zero-order valence-electron chi connectivity index (χ0n) is 21.3. The lowest BCUT2D eigenvalue weighted by molar-refractivity contribution is -0.146. The topological polar surface area (TPSA) is 104 Å². The molecule has 9 nitrogen and oxygen atoms in total. The van der Waals surface area contributed by atoms with E-state index in [1.54, 1.807) is 29.2 Å². The number of aromatic nitrogens is 3. The highest BCUT2D eigenvalue weighted by Gasteiger charge is 2.41. The van der Waals surface area contributed by atoms with Crippen LogP contribution in [-0.2, 0) is 35.0 Å². The highest BCUT2D eigenvalue weighted by molar-refractivity contribution is 5.79. The van der Waals surface area contributed by atoms with Crippen molar-refractivity contribution in [2.24, 2.45) is 0 Å². The van der Waals surface area contributed by atoms with Gasteiger partial charge < -0.3 is 14.4 Å². The van der Waals surface area contributed by atoms with Crippen molar-refractivity contribution in [2.75, 3.05) is 27.3 Å². The van der Waals surface area contributed by atoms with Gasteiger partial charge in [-0.25, -0.2) is 9.89 Å². The third-order valence-electron chi connectivity index (χ3n) is 6.55. The molecule has 0 aliphatic carbocycles. The summed E-state index contributed by atoms with van der Waals surface area (Å²) in [5.74, 6) is 0.531. The first-order valence-electron chi connectivity index (χ1n) is 11.9. The molecular formula is C25H25F6N5O4. The molecule has 2 aromatic carbocycles. The molecule has 2 atom stereocenters. The number of aromatic amines is 2. The molecule has 3 aromatic rings. The molecule has 0 spiro atoms. The Labute approximate surface area is 223 Å². The van der Waals surface area contributed by atoms with E-state index in [0.717, 1.165) is 5.56 Å². The molecule has 1 fully saturated rings. The number of amides is 1. The Morgan fingerprint density at radius 3 is 2.15 bits per heavy atom. The Balaban J connectivity index is 1.62. The van der Waals surface area contributed by atoms with Crippen molar-refractivity contribution in [2.45, 2.75) is 37.6 Å². The van der Waals surface area contributed by atoms with Gasteiger partial charge in [0.05, 0.1) is 56.6 Å². The molecule has 1 aromatic heterocycles. The minimum absolute atomic E-state index is 0.0496. The quantitative estimate of drug-likeness (QED) is 0.398. The SMILES string of the molecule is COc1ccc([C@H]2[C@@H](COCc3cc(C(F)(F)F)cc(C(F)(F)F)c3)N(C)C(=O)CN2Cc2n[nH]c(=O)[nH]2)cc1. The first-order valence-corrected chi connectivity index (χ1v) is 11.9. The molecule has 1 saturated heterocycles. The van der Waals surface area contributed by atoms with E-state index in [2.05, 4.69) is 15.2 Å². The van der Waals surface area contributed by atoms with Gasteiger partial charge in [-0.1, -0.05) is 12.1 Å². The molecule has 40 heavy (non-hydrogen) atoms. The van der Waals surface area contributed by atoms with Crippen LogP contribution in [0.4, 0.5) is 26.3 Å². The number of piperazine rings is 1. The van der Waals surface area contributed by atoms with E-state index in [9.17, 15) is 35.9 Å². The number of rotatable bonds is 8. The molecule has 0 saturated carbocycles. The predicted molar refractivity (Wildman–Crippen MR) is 128 cm³/mol. The molecule has 15 heteroatoms. The molecule has 2 N–H and O–H groups in total. The van der Waals surface area contributed by atoms with Crippen LogP contribution in [-0.4, -0.2) is 64.2 Å². The first-order chi connectivity index (χ1) is 18.8. The van der Waals surface area contributed by atoms with Crippen LogP contribution in [0.3, 0.4) is 0 Å². The number of halogens is 6. The number of carbonyl (C=O) groups excluding carboxylic acids is 1. The molecule has 4 rings (SSSR count). The number of hydrogen-bond acceptors (Lipinski definition) is 6. The summed E-state index contributed by atoms with van der Waals surface area (Å²) in [7, 11) is 3.03. The summed E-state index contributed by atoms with van der Waals surface area (Å²) in [4.78, 5) is 30.1. The molecule has 2 heterocycles. The van der Waals surface area contributed by atoms with E-state index in [0.29, 0.717) is 17.9 Å². The third kappa shape index (κ3) is 6.65. The Morgan fingerprint density at radius 1 is 1.00 bits per heavy atom. The maximum absolute atomic E-state index is 13.3. The lowest BCUT2D eigenvalue weighted by atomic mass is 9.94. The molecule has 0 radical (unpaired) electrons. The van der Waals surface area contributed by atoms with E-state index < -0.39 is 47.9 Å². The van der Waals surface area contributed by atoms with Gasteiger partial charge >= 0.3 is 18.0 Å². The summed E-state index contributed by atoms with van der Waals surface area (Å²) in [6, 6.07) is 6.96. The van der Waals surface area contributed by atoms with Crippen molar-refractivity contribution in [1.29, 1.82) is 0 Å². The Kier molecular flexibility index (Phi) is 8.25. The van der Waals surface area contributed by atoms with Crippen molar-refractivity contribution in [1.82, 2.24) is 25.0 Å². The van der Waals surface area contributed by atoms with Crippen LogP contribution in [0.2, 0.25) is 0 Å². The molecule has 216 valence electrons. The molecule has 1 aliphatic rings. The maximum Gasteiger partial charge on any atom is 0.416 e. The molecule has 1 amide bonds. The Morgan fingerprint density at radius 2 is 1.62 bits per heavy atom. The van der Waals surface area contributed by atoms with Gasteiger partial charge in [0.15, 0.2) is 0 Å². The average molecular weight is 573 g/mol. The van der Waals surface area contributed by atoms with Crippen molar-refractivity contribution in [3.05, 3.63) is 81.0 Å². The standard InChI is InChI=1S/C25H25F6N5O4/c1-35-19(13-40-12-14-7-16(24(26,27)28)9-17(8-14)25(29,30)31)22(15-3-5-18(39-2)6-4-15)36(11-21(35)37)10-20-32-23(38)34-33-20/h3-9,19,22H,10-13H2,1-2H3,(H2,32,33,34,38)/t19-,22+/m1/s1. The van der Waals surface area contributed by atoms with Gasteiger partial charge in [0, 0.05) is 7.05 Å². The van der Waals surface area contributed by atoms with Gasteiger partial charge in [-0.2, -0.15) is 31.4 Å². The Bertz CT molecular complexity index is 1350. The van der Waals surface area contributed by atoms with Crippen LogP contribution in [0, 0.1) is 0 Å². The molecular weight excluding hydrogens is 548 g/mol. The predicted octanol–water partition coefficient (Wildman–Crippen LogP) is 3.74. The van der Waals surface area contributed by atoms with Crippen LogP contribution in [0.25, 0.3) is 0 Å². The summed E-state index contributed by atoms with van der Waals surface area (Å²) in [6.45, 7) is -0.771. The van der Waals surface area contributed by atoms with E-state index in [4.69, 9.17) is 9.47 Å². The van der Waals surface area contributed by atoms with Gasteiger partial charge in [-0.05, 0) is 41.5 Å². The Hall–Kier alpha value is -3.85. The number of likely N-dealkylation sites (N-methyl/N-ethyl adjacent to an activating group) is 1. The highest BCUT2D eigenvalue weighted by atomic mass is 19.4. The summed E-state index contributed by atoms with van der Waals surface area (Å²) < 4.78 is 90.4. The van der Waals surface area contributed by atoms with Gasteiger partial charge in [-0.15, -0.1) is 0 Å². The second-order valence-corrected chi connectivity index (χ2v) is 9.25. The minimum atomic E-state index is -4.99. The normalized spacial score (nSPS) is 18.8. The number of H-pyrrole nitrogens is 2. The minimum Gasteiger partial charge on any atom is -0.497 e. The van der Waals surface area contributed by atoms with Crippen LogP contribution < -0.4 is 10.4 Å². The average Bonchev–Trinajstić information content (AvgIpc) is 3.30. The smallest absolute Gasteiger partial charge is 0.416 e. The third-order valence-corrected chi connectivity index (χ3v) is 6.55. The van der Waals surface area contributed by atoms with Gasteiger partial charge in [-0.3, -0.25) is 14.7 Å². The number of benzene rings is 2. The van der Waals surface area contributed by atoms with Crippen molar-refractivity contribution in [3.8, 4) is 5.75 Å². The molecule has 0 unspecified atom stereocenters. The monoisotopic (exact) mass is 573 g/mol. The number of ether oxygens (including phenoxy) is 2. The van der Waals surface area contributed by atoms with Gasteiger partial charge in [0.2, 0.25) is 5.91 Å². The van der Waals surface area contributed by atoms with E-state index in [1.807, 2.05) is 0 Å². The second kappa shape index (κ2) is 11.3. The van der Waals surface area contributed by atoms with Crippen LogP contribution in [0.1, 0.15) is 34.1 Å². The fourth-order valence-electron chi connectivity index (χ4n) is 4.59. The largest absolute Gasteiger partial charge is 0.497 e. The van der Waals surface area contributed by atoms with E-state index in [1.165, 1.54) is 19.1 Å². The summed E-state index contributed by atoms with van der Waals surface area (Å²) in [5, 5.41) is 6.15. The van der Waals surface area contributed by atoms with E-state index >= 15 is 0 Å². The maximum atomic E-state index is 13.3. The number of nitrogens with zero attached hydrogens (tertiary/aromatic N) is 3. The van der Waals surface area contributed by atoms with Gasteiger partial charge in [0.25, 0.3) is 0 Å². The second-order valence-electron chi connectivity index (χ2n) is 9.25. The summed E-state index contributed by atoms with van der Waals surface area (Å²) in [5.41, 5.74) is -3.01. The zero-order valence-corrected chi connectivity index (χ0v) is 21.3. The number of hydrogen-bond donors (Lipinski definition) is 2. The lowest BCUT2D eigenvalue weighted by Gasteiger charge is -2.45. The van der Waals surface area contributed by atoms with E-state index in [-0.39, 0.29) is 43.1 Å². The van der Waals surface area contributed by atoms with Crippen LogP contribution in [0.5, 0.6) is 5.75 Å². The highest BCUT2D eigenvalue weighted by Crippen LogP contribution is 2.37. The first kappa shape index (κ1) is 29.1. The lowest BCUT2D eigenvalue weighted by Crippen LogP contribution is -2.57. The summed E-state index contributed by atoms with van der Waals surface area (Å²) in [6.07, 6.45) is -9.97. The van der Waals surface area contributed by atoms with Crippen molar-refractivity contribution in [3.63, 3.8) is 0 Å². The van der Waals surface area contributed by atoms with Crippen molar-refractivity contribution < 1.29 is 40.6 Å². The molecule has 1 aliphatic heterocycles. The molecule has 0 bridgehead atoms. The number of carbonyl (C=O) groups is 1. The van der Waals surface area contributed by atoms with Crippen LogP contribution in [0.15, 0.2) is 47.3 Å². The number of alkyl halides is 6. The summed E-state index contributed by atoms with van der Waals surface area (Å²) >= 11 is 0. The number of methoxy groups -OCH3 is 1. The fourth-order valence-corrected chi connectivity index (χ4v) is 4.59. The fraction of sp³-hybridized carbons (Fsp3) is 0.400. The van der Waals surface area contributed by atoms with Crippen molar-refractivity contribution >= 4 is 5.91 Å². The number of nitrogens with one attached hydrogen (secondary N) is 2. The zero-order chi connectivity index (χ0) is 29.2.